The van der Waals surface area contributed by atoms with Crippen LogP contribution in [0.15, 0.2) is 46.9 Å². The van der Waals surface area contributed by atoms with E-state index >= 15 is 0 Å². The Bertz CT molecular complexity index is 703. The van der Waals surface area contributed by atoms with Crippen LogP contribution < -0.4 is 19.5 Å². The van der Waals surface area contributed by atoms with Crippen molar-refractivity contribution in [2.45, 2.75) is 19.4 Å². The Kier molecular flexibility index (Phi) is 5.59. The van der Waals surface area contributed by atoms with Gasteiger partial charge in [-0.15, -0.1) is 0 Å². The van der Waals surface area contributed by atoms with Gasteiger partial charge in [-0.2, -0.15) is 0 Å². The molecule has 1 heterocycles. The number of ether oxygens (including phenoxy) is 3. The van der Waals surface area contributed by atoms with E-state index in [9.17, 15) is 4.79 Å². The van der Waals surface area contributed by atoms with Crippen molar-refractivity contribution in [3.8, 4) is 17.2 Å². The van der Waals surface area contributed by atoms with Crippen molar-refractivity contribution in [2.24, 2.45) is 0 Å². The molecule has 2 aromatic carbocycles. The van der Waals surface area contributed by atoms with Gasteiger partial charge in [0.1, 0.15) is 5.75 Å². The predicted octanol–water partition coefficient (Wildman–Crippen LogP) is 3.65. The molecule has 1 N–H and O–H groups in total. The fraction of sp³-hybridized carbons (Fsp3) is 0.278. The summed E-state index contributed by atoms with van der Waals surface area (Å²) < 4.78 is 17.2. The van der Waals surface area contributed by atoms with E-state index in [2.05, 4.69) is 21.2 Å². The van der Waals surface area contributed by atoms with Crippen LogP contribution in [-0.2, 0) is 11.3 Å². The summed E-state index contributed by atoms with van der Waals surface area (Å²) in [5.41, 5.74) is 0.985. The van der Waals surface area contributed by atoms with Gasteiger partial charge in [0.25, 0.3) is 0 Å². The molecular weight excluding hydrogens is 374 g/mol. The molecule has 2 aromatic rings. The molecule has 5 nitrogen and oxygen atoms in total. The monoisotopic (exact) mass is 391 g/mol. The molecule has 0 unspecified atom stereocenters. The zero-order valence-corrected chi connectivity index (χ0v) is 14.7. The molecule has 0 bridgehead atoms. The highest BCUT2D eigenvalue weighted by Gasteiger charge is 2.13. The second-order valence-electron chi connectivity index (χ2n) is 5.37. The zero-order chi connectivity index (χ0) is 16.8. The van der Waals surface area contributed by atoms with Crippen molar-refractivity contribution in [2.75, 3.05) is 13.4 Å². The third-order valence-corrected chi connectivity index (χ3v) is 4.09. The van der Waals surface area contributed by atoms with Crippen molar-refractivity contribution in [3.05, 3.63) is 52.5 Å². The summed E-state index contributed by atoms with van der Waals surface area (Å²) in [5, 5.41) is 2.90. The molecule has 0 saturated carbocycles. The molecule has 1 aliphatic rings. The van der Waals surface area contributed by atoms with Gasteiger partial charge in [-0.25, -0.2) is 0 Å². The summed E-state index contributed by atoms with van der Waals surface area (Å²) in [7, 11) is 0. The topological polar surface area (TPSA) is 56.8 Å². The Hall–Kier alpha value is -2.21. The van der Waals surface area contributed by atoms with E-state index in [1.54, 1.807) is 0 Å². The van der Waals surface area contributed by atoms with Crippen LogP contribution >= 0.6 is 15.9 Å². The Morgan fingerprint density at radius 3 is 2.75 bits per heavy atom. The molecule has 0 atom stereocenters. The predicted molar refractivity (Wildman–Crippen MR) is 93.3 cm³/mol. The molecule has 126 valence electrons. The lowest BCUT2D eigenvalue weighted by molar-refractivity contribution is -0.121. The number of benzene rings is 2. The number of rotatable bonds is 7. The minimum Gasteiger partial charge on any atom is -0.494 e. The molecule has 1 aliphatic heterocycles. The summed E-state index contributed by atoms with van der Waals surface area (Å²) in [4.78, 5) is 11.9. The molecule has 0 aliphatic carbocycles. The highest BCUT2D eigenvalue weighted by Crippen LogP contribution is 2.32. The standard InChI is InChI=1S/C18H18BrNO4/c19-14-4-6-15(7-5-14)22-9-1-2-18(21)20-11-13-3-8-16-17(10-13)24-12-23-16/h3-8,10H,1-2,9,11-12H2,(H,20,21). The van der Waals surface area contributed by atoms with Crippen LogP contribution in [-0.4, -0.2) is 19.3 Å². The minimum absolute atomic E-state index is 0.00655. The van der Waals surface area contributed by atoms with Crippen LogP contribution in [0.3, 0.4) is 0 Å². The van der Waals surface area contributed by atoms with Crippen LogP contribution in [0, 0.1) is 0 Å². The average Bonchev–Trinajstić information content (AvgIpc) is 3.06. The first-order valence-corrected chi connectivity index (χ1v) is 8.53. The Morgan fingerprint density at radius 2 is 1.92 bits per heavy atom. The maximum Gasteiger partial charge on any atom is 0.231 e. The first-order chi connectivity index (χ1) is 11.7. The van der Waals surface area contributed by atoms with Gasteiger partial charge in [-0.05, 0) is 48.4 Å². The molecule has 6 heteroatoms. The average molecular weight is 392 g/mol. The molecular formula is C18H18BrNO4. The summed E-state index contributed by atoms with van der Waals surface area (Å²) in [6, 6.07) is 13.3. The van der Waals surface area contributed by atoms with E-state index in [1.807, 2.05) is 42.5 Å². The third-order valence-electron chi connectivity index (χ3n) is 3.56. The Labute approximate surface area is 149 Å². The lowest BCUT2D eigenvalue weighted by Gasteiger charge is -2.08. The summed E-state index contributed by atoms with van der Waals surface area (Å²) in [6.45, 7) is 1.24. The van der Waals surface area contributed by atoms with E-state index in [1.165, 1.54) is 0 Å². The maximum absolute atomic E-state index is 11.9. The lowest BCUT2D eigenvalue weighted by Crippen LogP contribution is -2.22. The molecule has 0 aromatic heterocycles. The Morgan fingerprint density at radius 1 is 1.12 bits per heavy atom. The van der Waals surface area contributed by atoms with Crippen LogP contribution in [0.2, 0.25) is 0 Å². The highest BCUT2D eigenvalue weighted by molar-refractivity contribution is 9.10. The van der Waals surface area contributed by atoms with Crippen molar-refractivity contribution < 1.29 is 19.0 Å². The fourth-order valence-corrected chi connectivity index (χ4v) is 2.56. The third kappa shape index (κ3) is 4.64. The van der Waals surface area contributed by atoms with Gasteiger partial charge in [-0.1, -0.05) is 22.0 Å². The molecule has 0 fully saturated rings. The number of halogens is 1. The molecule has 0 radical (unpaired) electrons. The Balaban J connectivity index is 1.34. The van der Waals surface area contributed by atoms with Crippen molar-refractivity contribution >= 4 is 21.8 Å². The first kappa shape index (κ1) is 16.6. The van der Waals surface area contributed by atoms with Gasteiger partial charge in [0.2, 0.25) is 12.7 Å². The van der Waals surface area contributed by atoms with Crippen molar-refractivity contribution in [3.63, 3.8) is 0 Å². The van der Waals surface area contributed by atoms with Gasteiger partial charge in [-0.3, -0.25) is 4.79 Å². The van der Waals surface area contributed by atoms with Crippen LogP contribution in [0.4, 0.5) is 0 Å². The number of carbonyl (C=O) groups is 1. The number of nitrogens with one attached hydrogen (secondary N) is 1. The minimum atomic E-state index is 0.00655. The number of hydrogen-bond acceptors (Lipinski definition) is 4. The second-order valence-corrected chi connectivity index (χ2v) is 6.29. The molecule has 1 amide bonds. The zero-order valence-electron chi connectivity index (χ0n) is 13.1. The highest BCUT2D eigenvalue weighted by atomic mass is 79.9. The SMILES string of the molecule is O=C(CCCOc1ccc(Br)cc1)NCc1ccc2c(c1)OCO2. The number of hydrogen-bond donors (Lipinski definition) is 1. The molecule has 24 heavy (non-hydrogen) atoms. The number of fused-ring (bicyclic) bond motifs is 1. The molecule has 0 spiro atoms. The number of carbonyl (C=O) groups excluding carboxylic acids is 1. The van der Waals surface area contributed by atoms with Crippen LogP contribution in [0.5, 0.6) is 17.2 Å². The van der Waals surface area contributed by atoms with E-state index in [0.29, 0.717) is 26.0 Å². The van der Waals surface area contributed by atoms with Gasteiger partial charge >= 0.3 is 0 Å². The summed E-state index contributed by atoms with van der Waals surface area (Å²) >= 11 is 3.38. The summed E-state index contributed by atoms with van der Waals surface area (Å²) in [6.07, 6.45) is 1.10. The van der Waals surface area contributed by atoms with E-state index in [0.717, 1.165) is 27.3 Å². The lowest BCUT2D eigenvalue weighted by atomic mass is 10.2. The van der Waals surface area contributed by atoms with Gasteiger partial charge < -0.3 is 19.5 Å². The van der Waals surface area contributed by atoms with Gasteiger partial charge in [0, 0.05) is 17.4 Å². The van der Waals surface area contributed by atoms with Crippen LogP contribution in [0.1, 0.15) is 18.4 Å². The molecule has 0 saturated heterocycles. The maximum atomic E-state index is 11.9. The summed E-state index contributed by atoms with van der Waals surface area (Å²) in [5.74, 6) is 2.28. The van der Waals surface area contributed by atoms with Gasteiger partial charge in [0.05, 0.1) is 6.61 Å². The van der Waals surface area contributed by atoms with Crippen molar-refractivity contribution in [1.82, 2.24) is 5.32 Å². The van der Waals surface area contributed by atoms with Crippen molar-refractivity contribution in [1.29, 1.82) is 0 Å². The smallest absolute Gasteiger partial charge is 0.231 e. The quantitative estimate of drug-likeness (QED) is 0.731. The normalized spacial score (nSPS) is 12.0. The number of amides is 1. The molecule has 3 rings (SSSR count). The fourth-order valence-electron chi connectivity index (χ4n) is 2.29. The van der Waals surface area contributed by atoms with E-state index in [-0.39, 0.29) is 12.7 Å². The van der Waals surface area contributed by atoms with E-state index in [4.69, 9.17) is 14.2 Å². The largest absolute Gasteiger partial charge is 0.494 e. The second kappa shape index (κ2) is 8.06. The van der Waals surface area contributed by atoms with E-state index < -0.39 is 0 Å². The van der Waals surface area contributed by atoms with Gasteiger partial charge in [0.15, 0.2) is 11.5 Å². The first-order valence-electron chi connectivity index (χ1n) is 7.74. The van der Waals surface area contributed by atoms with Crippen LogP contribution in [0.25, 0.3) is 0 Å².